The third-order valence-electron chi connectivity index (χ3n) is 2.15. The summed E-state index contributed by atoms with van der Waals surface area (Å²) in [5.74, 6) is -1.24. The number of rotatable bonds is 1. The summed E-state index contributed by atoms with van der Waals surface area (Å²) >= 11 is 0. The summed E-state index contributed by atoms with van der Waals surface area (Å²) in [6, 6.07) is 4.64. The maximum absolute atomic E-state index is 10.8. The number of phenols is 1. The van der Waals surface area contributed by atoms with Crippen LogP contribution < -0.4 is 10.5 Å². The van der Waals surface area contributed by atoms with Crippen LogP contribution in [-0.2, 0) is 11.2 Å². The van der Waals surface area contributed by atoms with Crippen molar-refractivity contribution >= 4 is 5.97 Å². The van der Waals surface area contributed by atoms with Crippen molar-refractivity contribution < 1.29 is 19.7 Å². The topological polar surface area (TPSA) is 92.8 Å². The molecule has 1 atom stereocenters. The second-order valence-corrected chi connectivity index (χ2v) is 3.28. The molecule has 0 unspecified atom stereocenters. The molecule has 1 heterocycles. The average molecular weight is 195 g/mol. The Morgan fingerprint density at radius 1 is 1.57 bits per heavy atom. The van der Waals surface area contributed by atoms with E-state index in [0.29, 0.717) is 0 Å². The smallest absolute Gasteiger partial charge is 0.364 e. The Balaban J connectivity index is 2.45. The van der Waals surface area contributed by atoms with Gasteiger partial charge in [0.05, 0.1) is 0 Å². The van der Waals surface area contributed by atoms with Crippen LogP contribution in [0.15, 0.2) is 18.2 Å². The molecule has 1 aromatic rings. The first-order chi connectivity index (χ1) is 6.51. The Morgan fingerprint density at radius 2 is 2.29 bits per heavy atom. The Hall–Kier alpha value is -1.75. The second-order valence-electron chi connectivity index (χ2n) is 3.28. The van der Waals surface area contributed by atoms with Gasteiger partial charge in [0.15, 0.2) is 11.5 Å². The van der Waals surface area contributed by atoms with Crippen LogP contribution in [0.4, 0.5) is 0 Å². The maximum atomic E-state index is 10.8. The lowest BCUT2D eigenvalue weighted by Gasteiger charge is -2.30. The molecule has 2 rings (SSSR count). The summed E-state index contributed by atoms with van der Waals surface area (Å²) in [6.45, 7) is 0. The highest BCUT2D eigenvalue weighted by Crippen LogP contribution is 2.34. The Bertz CT molecular complexity index is 404. The van der Waals surface area contributed by atoms with Gasteiger partial charge < -0.3 is 14.9 Å². The zero-order valence-electron chi connectivity index (χ0n) is 7.23. The molecule has 0 aliphatic carbocycles. The van der Waals surface area contributed by atoms with E-state index >= 15 is 0 Å². The number of carboxylic acid groups (broad SMARTS) is 1. The summed E-state index contributed by atoms with van der Waals surface area (Å²) < 4.78 is 5.00. The van der Waals surface area contributed by atoms with Crippen molar-refractivity contribution in [1.82, 2.24) is 0 Å². The average Bonchev–Trinajstić information content (AvgIpc) is 2.11. The van der Waals surface area contributed by atoms with Crippen LogP contribution in [-0.4, -0.2) is 21.9 Å². The van der Waals surface area contributed by atoms with Crippen molar-refractivity contribution in [3.8, 4) is 11.5 Å². The molecule has 0 radical (unpaired) electrons. The first kappa shape index (κ1) is 8.83. The van der Waals surface area contributed by atoms with Gasteiger partial charge in [-0.05, 0) is 17.7 Å². The highest BCUT2D eigenvalue weighted by Gasteiger charge is 2.40. The molecular formula is C9H9NO4. The zero-order chi connectivity index (χ0) is 10.3. The normalized spacial score (nSPS) is 24.1. The second kappa shape index (κ2) is 2.62. The number of aliphatic carboxylic acids is 1. The first-order valence-corrected chi connectivity index (χ1v) is 4.04. The lowest BCUT2D eigenvalue weighted by atomic mass is 9.99. The third kappa shape index (κ3) is 1.18. The molecule has 0 spiro atoms. The maximum Gasteiger partial charge on any atom is 0.364 e. The third-order valence-corrected chi connectivity index (χ3v) is 2.15. The van der Waals surface area contributed by atoms with Crippen LogP contribution >= 0.6 is 0 Å². The lowest BCUT2D eigenvalue weighted by Crippen LogP contribution is -2.56. The fourth-order valence-corrected chi connectivity index (χ4v) is 1.41. The lowest BCUT2D eigenvalue weighted by molar-refractivity contribution is -0.155. The van der Waals surface area contributed by atoms with Crippen LogP contribution in [0.3, 0.4) is 0 Å². The van der Waals surface area contributed by atoms with E-state index in [1.54, 1.807) is 12.1 Å². The minimum atomic E-state index is -1.77. The van der Waals surface area contributed by atoms with E-state index < -0.39 is 11.7 Å². The van der Waals surface area contributed by atoms with Gasteiger partial charge in [-0.1, -0.05) is 6.07 Å². The molecule has 0 fully saturated rings. The van der Waals surface area contributed by atoms with Gasteiger partial charge in [-0.2, -0.15) is 0 Å². The van der Waals surface area contributed by atoms with Gasteiger partial charge in [0.2, 0.25) is 0 Å². The predicted octanol–water partition coefficient (Wildman–Crippen LogP) is 0.0667. The number of nitrogens with two attached hydrogens (primary N) is 1. The molecule has 0 saturated carbocycles. The monoisotopic (exact) mass is 195 g/mol. The minimum Gasteiger partial charge on any atom is -0.504 e. The van der Waals surface area contributed by atoms with E-state index in [9.17, 15) is 9.90 Å². The van der Waals surface area contributed by atoms with Gasteiger partial charge in [-0.15, -0.1) is 0 Å². The van der Waals surface area contributed by atoms with Crippen LogP contribution in [0.2, 0.25) is 0 Å². The standard InChI is InChI=1S/C9H9NO4/c10-9(8(12)13)4-5-1-2-6(11)7(3-5)14-9/h1-3,11H,4,10H2,(H,12,13)/t9-/m1/s1. The molecule has 1 aliphatic heterocycles. The summed E-state index contributed by atoms with van der Waals surface area (Å²) in [7, 11) is 0. The number of fused-ring (bicyclic) bond motifs is 2. The van der Waals surface area contributed by atoms with E-state index in [1.807, 2.05) is 0 Å². The summed E-state index contributed by atoms with van der Waals surface area (Å²) in [6.07, 6.45) is 0.0929. The van der Waals surface area contributed by atoms with E-state index in [2.05, 4.69) is 0 Å². The molecule has 4 N–H and O–H groups in total. The SMILES string of the molecule is N[C@]1(C(=O)O)Cc2ccc(O)c(c2)O1. The van der Waals surface area contributed by atoms with Gasteiger partial charge in [0, 0.05) is 6.42 Å². The molecular weight excluding hydrogens is 186 g/mol. The van der Waals surface area contributed by atoms with Crippen molar-refractivity contribution in [2.75, 3.05) is 0 Å². The van der Waals surface area contributed by atoms with Gasteiger partial charge in [0.25, 0.3) is 5.72 Å². The van der Waals surface area contributed by atoms with E-state index in [-0.39, 0.29) is 17.9 Å². The highest BCUT2D eigenvalue weighted by atomic mass is 16.5. The molecule has 0 amide bonds. The molecule has 1 aliphatic rings. The van der Waals surface area contributed by atoms with Crippen LogP contribution in [0.25, 0.3) is 0 Å². The van der Waals surface area contributed by atoms with Crippen molar-refractivity contribution in [3.63, 3.8) is 0 Å². The molecule has 14 heavy (non-hydrogen) atoms. The van der Waals surface area contributed by atoms with Crippen LogP contribution in [0, 0.1) is 0 Å². The summed E-state index contributed by atoms with van der Waals surface area (Å²) in [4.78, 5) is 10.8. The van der Waals surface area contributed by atoms with E-state index in [4.69, 9.17) is 15.6 Å². The highest BCUT2D eigenvalue weighted by molar-refractivity contribution is 5.78. The fourth-order valence-electron chi connectivity index (χ4n) is 1.41. The van der Waals surface area contributed by atoms with Crippen molar-refractivity contribution in [2.24, 2.45) is 5.73 Å². The Labute approximate surface area is 79.7 Å². The number of phenolic OH excluding ortho intramolecular Hbond substituents is 1. The van der Waals surface area contributed by atoms with E-state index in [0.717, 1.165) is 5.56 Å². The van der Waals surface area contributed by atoms with Crippen molar-refractivity contribution in [1.29, 1.82) is 0 Å². The van der Waals surface area contributed by atoms with Gasteiger partial charge in [-0.25, -0.2) is 4.79 Å². The minimum absolute atomic E-state index is 0.0929. The Kier molecular flexibility index (Phi) is 1.65. The number of carboxylic acids is 1. The number of carbonyl (C=O) groups is 1. The molecule has 0 aromatic heterocycles. The largest absolute Gasteiger partial charge is 0.504 e. The van der Waals surface area contributed by atoms with Crippen LogP contribution in [0.1, 0.15) is 5.56 Å². The van der Waals surface area contributed by atoms with Crippen molar-refractivity contribution in [3.05, 3.63) is 23.8 Å². The van der Waals surface area contributed by atoms with Gasteiger partial charge >= 0.3 is 5.97 Å². The van der Waals surface area contributed by atoms with Gasteiger partial charge in [-0.3, -0.25) is 5.73 Å². The Morgan fingerprint density at radius 3 is 2.93 bits per heavy atom. The fraction of sp³-hybridized carbons (Fsp3) is 0.222. The first-order valence-electron chi connectivity index (χ1n) is 4.04. The number of ether oxygens (including phenoxy) is 1. The number of benzene rings is 1. The van der Waals surface area contributed by atoms with Crippen molar-refractivity contribution in [2.45, 2.75) is 12.1 Å². The molecule has 2 bridgehead atoms. The van der Waals surface area contributed by atoms with E-state index in [1.165, 1.54) is 6.07 Å². The molecule has 5 nitrogen and oxygen atoms in total. The number of hydrogen-bond donors (Lipinski definition) is 3. The van der Waals surface area contributed by atoms with Gasteiger partial charge in [0.1, 0.15) is 0 Å². The van der Waals surface area contributed by atoms with Crippen LogP contribution in [0.5, 0.6) is 11.5 Å². The summed E-state index contributed by atoms with van der Waals surface area (Å²) in [5.41, 5.74) is 4.48. The predicted molar refractivity (Wildman–Crippen MR) is 47.0 cm³/mol. The summed E-state index contributed by atoms with van der Waals surface area (Å²) in [5, 5.41) is 18.1. The zero-order valence-corrected chi connectivity index (χ0v) is 7.23. The number of hydrogen-bond acceptors (Lipinski definition) is 4. The molecule has 5 heteroatoms. The quantitative estimate of drug-likeness (QED) is 0.589. The molecule has 1 aromatic carbocycles. The molecule has 74 valence electrons. The number of aromatic hydroxyl groups is 1. The molecule has 0 saturated heterocycles.